The van der Waals surface area contributed by atoms with Crippen LogP contribution in [0.1, 0.15) is 61.3 Å². The maximum atomic E-state index is 13.0. The Labute approximate surface area is 203 Å². The first-order chi connectivity index (χ1) is 16.5. The van der Waals surface area contributed by atoms with E-state index in [1.54, 1.807) is 30.3 Å². The van der Waals surface area contributed by atoms with Gasteiger partial charge in [0.2, 0.25) is 5.75 Å². The number of rotatable bonds is 12. The number of aromatic nitrogens is 1. The van der Waals surface area contributed by atoms with E-state index in [4.69, 9.17) is 18.9 Å². The van der Waals surface area contributed by atoms with Crippen molar-refractivity contribution in [3.8, 4) is 17.2 Å². The van der Waals surface area contributed by atoms with Gasteiger partial charge in [0.05, 0.1) is 42.2 Å². The minimum absolute atomic E-state index is 0.356. The van der Waals surface area contributed by atoms with Crippen molar-refractivity contribution >= 4 is 38.6 Å². The van der Waals surface area contributed by atoms with E-state index in [9.17, 15) is 9.59 Å². The van der Waals surface area contributed by atoms with Crippen molar-refractivity contribution in [2.75, 3.05) is 31.7 Å². The van der Waals surface area contributed by atoms with Crippen LogP contribution in [0.25, 0.3) is 10.2 Å². The maximum Gasteiger partial charge on any atom is 0.338 e. The summed E-state index contributed by atoms with van der Waals surface area (Å²) in [5.74, 6) is 0.631. The normalized spacial score (nSPS) is 10.7. The van der Waals surface area contributed by atoms with Crippen molar-refractivity contribution in [3.63, 3.8) is 0 Å². The predicted molar refractivity (Wildman–Crippen MR) is 133 cm³/mol. The Hall–Kier alpha value is -3.33. The van der Waals surface area contributed by atoms with Crippen molar-refractivity contribution in [1.82, 2.24) is 4.98 Å². The van der Waals surface area contributed by atoms with Gasteiger partial charge in [0.1, 0.15) is 0 Å². The Bertz CT molecular complexity index is 1120. The molecule has 0 saturated carbocycles. The van der Waals surface area contributed by atoms with E-state index in [0.29, 0.717) is 65.5 Å². The zero-order chi connectivity index (χ0) is 24.5. The van der Waals surface area contributed by atoms with Crippen molar-refractivity contribution in [2.24, 2.45) is 0 Å². The number of nitrogens with zero attached hydrogens (tertiary/aromatic N) is 1. The van der Waals surface area contributed by atoms with E-state index in [1.165, 1.54) is 11.3 Å². The molecule has 1 aromatic heterocycles. The number of hydrogen-bond donors (Lipinski definition) is 1. The first kappa shape index (κ1) is 25.3. The van der Waals surface area contributed by atoms with Gasteiger partial charge in [0.15, 0.2) is 16.6 Å². The quantitative estimate of drug-likeness (QED) is 0.259. The average molecular weight is 487 g/mol. The molecule has 0 unspecified atom stereocenters. The molecule has 0 bridgehead atoms. The molecule has 34 heavy (non-hydrogen) atoms. The number of benzene rings is 2. The molecular weight excluding hydrogens is 456 g/mol. The molecule has 0 spiro atoms. The summed E-state index contributed by atoms with van der Waals surface area (Å²) in [6, 6.07) is 8.41. The van der Waals surface area contributed by atoms with Crippen LogP contribution in [-0.2, 0) is 4.74 Å². The van der Waals surface area contributed by atoms with Gasteiger partial charge in [0, 0.05) is 5.56 Å². The van der Waals surface area contributed by atoms with Gasteiger partial charge in [-0.1, -0.05) is 24.7 Å². The molecule has 0 radical (unpaired) electrons. The molecule has 0 atom stereocenters. The summed E-state index contributed by atoms with van der Waals surface area (Å²) < 4.78 is 23.1. The van der Waals surface area contributed by atoms with Gasteiger partial charge < -0.3 is 18.9 Å². The molecule has 0 saturated heterocycles. The highest BCUT2D eigenvalue weighted by Crippen LogP contribution is 2.39. The lowest BCUT2D eigenvalue weighted by Crippen LogP contribution is -2.13. The smallest absolute Gasteiger partial charge is 0.338 e. The van der Waals surface area contributed by atoms with Crippen molar-refractivity contribution in [1.29, 1.82) is 0 Å². The summed E-state index contributed by atoms with van der Waals surface area (Å²) >= 11 is 1.28. The van der Waals surface area contributed by atoms with Crippen molar-refractivity contribution in [2.45, 2.75) is 40.5 Å². The first-order valence-corrected chi connectivity index (χ1v) is 12.3. The number of fused-ring (bicyclic) bond motifs is 1. The number of anilines is 1. The van der Waals surface area contributed by atoms with E-state index in [1.807, 2.05) is 27.7 Å². The lowest BCUT2D eigenvalue weighted by molar-refractivity contribution is 0.0500. The molecule has 3 aromatic rings. The molecule has 3 rings (SSSR count). The Morgan fingerprint density at radius 3 is 2.21 bits per heavy atom. The summed E-state index contributed by atoms with van der Waals surface area (Å²) in [6.07, 6.45) is 1.78. The van der Waals surface area contributed by atoms with E-state index < -0.39 is 0 Å². The Balaban J connectivity index is 1.82. The second-order valence-electron chi connectivity index (χ2n) is 7.25. The number of amides is 1. The number of esters is 1. The molecule has 182 valence electrons. The van der Waals surface area contributed by atoms with Crippen LogP contribution in [0, 0.1) is 0 Å². The molecule has 1 N–H and O–H groups in total. The monoisotopic (exact) mass is 486 g/mol. The van der Waals surface area contributed by atoms with Crippen LogP contribution in [0.5, 0.6) is 17.2 Å². The van der Waals surface area contributed by atoms with Gasteiger partial charge in [-0.3, -0.25) is 10.1 Å². The van der Waals surface area contributed by atoms with Gasteiger partial charge in [-0.05, 0) is 57.5 Å². The Morgan fingerprint density at radius 2 is 1.59 bits per heavy atom. The second kappa shape index (κ2) is 12.2. The van der Waals surface area contributed by atoms with Crippen molar-refractivity contribution < 1.29 is 28.5 Å². The standard InChI is InChI=1S/C25H30N2O6S/c1-5-9-12-33-24(29)16-10-11-18-21(15-16)34-25(26-18)27-23(28)17-13-19(30-6-2)22(32-8-4)20(14-17)31-7-3/h10-11,13-15H,5-9,12H2,1-4H3,(H,26,27,28). The first-order valence-electron chi connectivity index (χ1n) is 11.5. The fourth-order valence-corrected chi connectivity index (χ4v) is 4.09. The highest BCUT2D eigenvalue weighted by atomic mass is 32.1. The predicted octanol–water partition coefficient (Wildman–Crippen LogP) is 5.70. The fraction of sp³-hybridized carbons (Fsp3) is 0.400. The largest absolute Gasteiger partial charge is 0.490 e. The molecule has 0 aliphatic carbocycles. The minimum Gasteiger partial charge on any atom is -0.490 e. The van der Waals surface area contributed by atoms with Crippen LogP contribution in [-0.4, -0.2) is 43.3 Å². The maximum absolute atomic E-state index is 13.0. The fourth-order valence-electron chi connectivity index (χ4n) is 3.19. The number of nitrogens with one attached hydrogen (secondary N) is 1. The molecule has 1 heterocycles. The number of hydrogen-bond acceptors (Lipinski definition) is 8. The highest BCUT2D eigenvalue weighted by Gasteiger charge is 2.19. The molecule has 0 aliphatic heterocycles. The van der Waals surface area contributed by atoms with Gasteiger partial charge >= 0.3 is 5.97 Å². The van der Waals surface area contributed by atoms with Crippen molar-refractivity contribution in [3.05, 3.63) is 41.5 Å². The molecular formula is C25H30N2O6S. The lowest BCUT2D eigenvalue weighted by Gasteiger charge is -2.16. The van der Waals surface area contributed by atoms with Crippen LogP contribution in [0.15, 0.2) is 30.3 Å². The molecule has 8 nitrogen and oxygen atoms in total. The number of carbonyl (C=O) groups excluding carboxylic acids is 2. The topological polar surface area (TPSA) is 96.0 Å². The third-order valence-corrected chi connectivity index (χ3v) is 5.68. The summed E-state index contributed by atoms with van der Waals surface area (Å²) in [6.45, 7) is 9.29. The van der Waals surface area contributed by atoms with Crippen LogP contribution in [0.3, 0.4) is 0 Å². The van der Waals surface area contributed by atoms with E-state index >= 15 is 0 Å². The van der Waals surface area contributed by atoms with Crippen LogP contribution in [0.2, 0.25) is 0 Å². The minimum atomic E-state index is -0.365. The van der Waals surface area contributed by atoms with E-state index in [2.05, 4.69) is 10.3 Å². The third kappa shape index (κ3) is 6.17. The molecule has 1 amide bonds. The highest BCUT2D eigenvalue weighted by molar-refractivity contribution is 7.22. The summed E-state index contributed by atoms with van der Waals surface area (Å²) in [5, 5.41) is 3.25. The number of ether oxygens (including phenoxy) is 4. The molecule has 2 aromatic carbocycles. The van der Waals surface area contributed by atoms with E-state index in [0.717, 1.165) is 17.5 Å². The van der Waals surface area contributed by atoms with Crippen LogP contribution in [0.4, 0.5) is 5.13 Å². The number of unbranched alkanes of at least 4 members (excludes halogenated alkanes) is 1. The Morgan fingerprint density at radius 1 is 0.912 bits per heavy atom. The van der Waals surface area contributed by atoms with Crippen LogP contribution >= 0.6 is 11.3 Å². The molecule has 0 aliphatic rings. The van der Waals surface area contributed by atoms with Gasteiger partial charge in [0.25, 0.3) is 5.91 Å². The van der Waals surface area contributed by atoms with E-state index in [-0.39, 0.29) is 11.9 Å². The summed E-state index contributed by atoms with van der Waals surface area (Å²) in [7, 11) is 0. The lowest BCUT2D eigenvalue weighted by atomic mass is 10.1. The molecule has 0 fully saturated rings. The summed E-state index contributed by atoms with van der Waals surface area (Å²) in [4.78, 5) is 29.7. The number of thiazole rings is 1. The van der Waals surface area contributed by atoms with Crippen LogP contribution < -0.4 is 19.5 Å². The zero-order valence-corrected chi connectivity index (χ0v) is 20.8. The number of carbonyl (C=O) groups is 2. The van der Waals surface area contributed by atoms with Gasteiger partial charge in [-0.25, -0.2) is 9.78 Å². The van der Waals surface area contributed by atoms with Gasteiger partial charge in [-0.15, -0.1) is 0 Å². The molecule has 9 heteroatoms. The SMILES string of the molecule is CCCCOC(=O)c1ccc2nc(NC(=O)c3cc(OCC)c(OCC)c(OCC)c3)sc2c1. The third-order valence-electron chi connectivity index (χ3n) is 4.75. The Kier molecular flexibility index (Phi) is 9.09. The average Bonchev–Trinajstić information content (AvgIpc) is 3.22. The van der Waals surface area contributed by atoms with Gasteiger partial charge in [-0.2, -0.15) is 0 Å². The zero-order valence-electron chi connectivity index (χ0n) is 19.9. The second-order valence-corrected chi connectivity index (χ2v) is 8.28. The summed E-state index contributed by atoms with van der Waals surface area (Å²) in [5.41, 5.74) is 1.50.